The summed E-state index contributed by atoms with van der Waals surface area (Å²) >= 11 is 0. The average Bonchev–Trinajstić information content (AvgIpc) is 3.04. The van der Waals surface area contributed by atoms with Crippen LogP contribution in [0.1, 0.15) is 6.42 Å². The number of hydrogen-bond donors (Lipinski definition) is 2. The summed E-state index contributed by atoms with van der Waals surface area (Å²) in [4.78, 5) is 6.45. The standard InChI is InChI=1S/C18H21FN6/c1-24-10-9-20-7-2-8-21-13-3-4-15(19)14(11-13)16-12-22-17-5-6-18(24)23-25(16)17/h3-6,11-12,20-21H,2,7-10H2,1H3. The monoisotopic (exact) mass is 340 g/mol. The zero-order chi connectivity index (χ0) is 17.2. The van der Waals surface area contributed by atoms with Crippen molar-refractivity contribution in [2.45, 2.75) is 6.42 Å². The van der Waals surface area contributed by atoms with E-state index in [0.29, 0.717) is 16.9 Å². The summed E-state index contributed by atoms with van der Waals surface area (Å²) in [6.07, 6.45) is 2.67. The lowest BCUT2D eigenvalue weighted by atomic mass is 10.1. The Labute approximate surface area is 145 Å². The summed E-state index contributed by atoms with van der Waals surface area (Å²) in [7, 11) is 2.01. The highest BCUT2D eigenvalue weighted by Gasteiger charge is 2.14. The van der Waals surface area contributed by atoms with Crippen LogP contribution in [0, 0.1) is 5.82 Å². The van der Waals surface area contributed by atoms with Crippen molar-refractivity contribution in [3.63, 3.8) is 0 Å². The fourth-order valence-electron chi connectivity index (χ4n) is 3.01. The van der Waals surface area contributed by atoms with E-state index in [1.807, 2.05) is 25.2 Å². The molecule has 0 amide bonds. The van der Waals surface area contributed by atoms with Crippen LogP contribution in [0.15, 0.2) is 36.5 Å². The van der Waals surface area contributed by atoms with Crippen LogP contribution in [0.2, 0.25) is 0 Å². The number of halogens is 1. The summed E-state index contributed by atoms with van der Waals surface area (Å²) in [5.74, 6) is 0.553. The van der Waals surface area contributed by atoms with Gasteiger partial charge in [-0.05, 0) is 43.3 Å². The Morgan fingerprint density at radius 2 is 2.04 bits per heavy atom. The van der Waals surface area contributed by atoms with Crippen LogP contribution >= 0.6 is 0 Å². The molecule has 3 aromatic rings. The van der Waals surface area contributed by atoms with Gasteiger partial charge in [0.25, 0.3) is 0 Å². The van der Waals surface area contributed by atoms with E-state index in [1.165, 1.54) is 6.07 Å². The minimum Gasteiger partial charge on any atom is -0.385 e. The highest BCUT2D eigenvalue weighted by molar-refractivity contribution is 5.68. The second kappa shape index (κ2) is 6.68. The number of hydrogen-bond acceptors (Lipinski definition) is 5. The SMILES string of the molecule is CN1CCNCCCNc2ccc(F)c(c2)-c2cnc3ccc1nn23. The van der Waals surface area contributed by atoms with Crippen LogP contribution in [0.4, 0.5) is 15.9 Å². The average molecular weight is 340 g/mol. The maximum Gasteiger partial charge on any atom is 0.154 e. The van der Waals surface area contributed by atoms with Crippen molar-refractivity contribution in [3.05, 3.63) is 42.3 Å². The normalized spacial score (nSPS) is 15.7. The Hall–Kier alpha value is -2.67. The van der Waals surface area contributed by atoms with Gasteiger partial charge in [0.15, 0.2) is 5.65 Å². The van der Waals surface area contributed by atoms with E-state index < -0.39 is 0 Å². The molecule has 6 nitrogen and oxygen atoms in total. The molecule has 7 heteroatoms. The Balaban J connectivity index is 1.85. The Morgan fingerprint density at radius 3 is 2.96 bits per heavy atom. The minimum atomic E-state index is -0.279. The number of nitrogens with one attached hydrogen (secondary N) is 2. The maximum absolute atomic E-state index is 14.5. The number of anilines is 2. The largest absolute Gasteiger partial charge is 0.385 e. The first kappa shape index (κ1) is 15.8. The zero-order valence-corrected chi connectivity index (χ0v) is 14.2. The van der Waals surface area contributed by atoms with Crippen molar-refractivity contribution in [1.82, 2.24) is 19.9 Å². The quantitative estimate of drug-likeness (QED) is 0.658. The highest BCUT2D eigenvalue weighted by atomic mass is 19.1. The second-order valence-corrected chi connectivity index (χ2v) is 6.25. The molecule has 1 aliphatic rings. The summed E-state index contributed by atoms with van der Waals surface area (Å²) < 4.78 is 16.2. The van der Waals surface area contributed by atoms with Gasteiger partial charge in [-0.2, -0.15) is 0 Å². The molecule has 0 radical (unpaired) electrons. The van der Waals surface area contributed by atoms with Gasteiger partial charge in [0.1, 0.15) is 11.6 Å². The second-order valence-electron chi connectivity index (χ2n) is 6.25. The smallest absolute Gasteiger partial charge is 0.154 e. The molecule has 0 atom stereocenters. The molecule has 0 spiro atoms. The fourth-order valence-corrected chi connectivity index (χ4v) is 3.01. The van der Waals surface area contributed by atoms with Crippen molar-refractivity contribution in [1.29, 1.82) is 0 Å². The number of nitrogens with zero attached hydrogens (tertiary/aromatic N) is 4. The third-order valence-electron chi connectivity index (χ3n) is 4.47. The zero-order valence-electron chi connectivity index (χ0n) is 14.2. The molecule has 130 valence electrons. The summed E-state index contributed by atoms with van der Waals surface area (Å²) in [6.45, 7) is 3.50. The van der Waals surface area contributed by atoms with Crippen molar-refractivity contribution >= 4 is 17.2 Å². The highest BCUT2D eigenvalue weighted by Crippen LogP contribution is 2.27. The molecule has 1 aromatic carbocycles. The van der Waals surface area contributed by atoms with Crippen LogP contribution in [-0.4, -0.2) is 47.8 Å². The fraction of sp³-hybridized carbons (Fsp3) is 0.333. The van der Waals surface area contributed by atoms with Gasteiger partial charge in [0, 0.05) is 37.9 Å². The van der Waals surface area contributed by atoms with Gasteiger partial charge in [-0.3, -0.25) is 0 Å². The number of aromatic nitrogens is 3. The van der Waals surface area contributed by atoms with E-state index in [2.05, 4.69) is 25.6 Å². The summed E-state index contributed by atoms with van der Waals surface area (Å²) in [6, 6.07) is 8.93. The number of benzene rings is 1. The van der Waals surface area contributed by atoms with Crippen molar-refractivity contribution < 1.29 is 4.39 Å². The number of imidazole rings is 1. The summed E-state index contributed by atoms with van der Waals surface area (Å²) in [5, 5.41) is 11.5. The Morgan fingerprint density at radius 1 is 1.12 bits per heavy atom. The van der Waals surface area contributed by atoms with E-state index in [9.17, 15) is 4.39 Å². The van der Waals surface area contributed by atoms with Crippen molar-refractivity contribution in [2.24, 2.45) is 0 Å². The maximum atomic E-state index is 14.5. The van der Waals surface area contributed by atoms with Crippen LogP contribution < -0.4 is 15.5 Å². The minimum absolute atomic E-state index is 0.279. The molecule has 2 aromatic heterocycles. The lowest BCUT2D eigenvalue weighted by Crippen LogP contribution is -2.30. The van der Waals surface area contributed by atoms with Gasteiger partial charge in [-0.1, -0.05) is 0 Å². The van der Waals surface area contributed by atoms with E-state index >= 15 is 0 Å². The van der Waals surface area contributed by atoms with E-state index in [4.69, 9.17) is 0 Å². The number of fused-ring (bicyclic) bond motifs is 4. The molecular formula is C18H21FN6. The van der Waals surface area contributed by atoms with E-state index in [-0.39, 0.29) is 5.82 Å². The molecule has 0 aliphatic carbocycles. The van der Waals surface area contributed by atoms with Gasteiger partial charge in [0.2, 0.25) is 0 Å². The third-order valence-corrected chi connectivity index (χ3v) is 4.47. The van der Waals surface area contributed by atoms with Crippen molar-refractivity contribution in [3.8, 4) is 11.3 Å². The van der Waals surface area contributed by atoms with Gasteiger partial charge >= 0.3 is 0 Å². The first-order chi connectivity index (χ1) is 12.2. The van der Waals surface area contributed by atoms with E-state index in [1.54, 1.807) is 16.8 Å². The van der Waals surface area contributed by atoms with E-state index in [0.717, 1.165) is 44.1 Å². The molecule has 0 saturated heterocycles. The molecule has 0 saturated carbocycles. The first-order valence-corrected chi connectivity index (χ1v) is 8.53. The lowest BCUT2D eigenvalue weighted by Gasteiger charge is -2.18. The van der Waals surface area contributed by atoms with Crippen molar-refractivity contribution in [2.75, 3.05) is 43.4 Å². The molecule has 0 unspecified atom stereocenters. The topological polar surface area (TPSA) is 57.5 Å². The lowest BCUT2D eigenvalue weighted by molar-refractivity contribution is 0.630. The molecular weight excluding hydrogens is 319 g/mol. The molecule has 0 fully saturated rings. The van der Waals surface area contributed by atoms with Crippen LogP contribution in [0.25, 0.3) is 16.9 Å². The van der Waals surface area contributed by atoms with Gasteiger partial charge < -0.3 is 15.5 Å². The Bertz CT molecular complexity index is 890. The predicted octanol–water partition coefficient (Wildman–Crippen LogP) is 2.38. The van der Waals surface area contributed by atoms with Crippen LogP contribution in [0.3, 0.4) is 0 Å². The van der Waals surface area contributed by atoms with Gasteiger partial charge in [-0.25, -0.2) is 13.9 Å². The molecule has 1 aliphatic heterocycles. The molecule has 4 bridgehead atoms. The summed E-state index contributed by atoms with van der Waals surface area (Å²) in [5.41, 5.74) is 2.75. The molecule has 3 heterocycles. The molecule has 25 heavy (non-hydrogen) atoms. The number of rotatable bonds is 0. The predicted molar refractivity (Wildman–Crippen MR) is 97.6 cm³/mol. The molecule has 4 rings (SSSR count). The molecule has 2 N–H and O–H groups in total. The van der Waals surface area contributed by atoms with Gasteiger partial charge in [-0.15, -0.1) is 5.10 Å². The van der Waals surface area contributed by atoms with Gasteiger partial charge in [0.05, 0.1) is 11.9 Å². The Kier molecular flexibility index (Phi) is 4.23. The first-order valence-electron chi connectivity index (χ1n) is 8.53. The van der Waals surface area contributed by atoms with Crippen LogP contribution in [0.5, 0.6) is 0 Å². The number of likely N-dealkylation sites (N-methyl/N-ethyl adjacent to an activating group) is 1. The third kappa shape index (κ3) is 3.15. The van der Waals surface area contributed by atoms with Crippen LogP contribution in [-0.2, 0) is 0 Å².